The Morgan fingerprint density at radius 1 is 1.11 bits per heavy atom. The minimum absolute atomic E-state index is 0.0758. The van der Waals surface area contributed by atoms with E-state index < -0.39 is 11.6 Å². The van der Waals surface area contributed by atoms with Crippen molar-refractivity contribution in [1.82, 2.24) is 0 Å². The number of aryl methyl sites for hydroxylation is 1. The van der Waals surface area contributed by atoms with Crippen LogP contribution in [0.2, 0.25) is 0 Å². The third-order valence-corrected chi connectivity index (χ3v) is 2.86. The van der Waals surface area contributed by atoms with Crippen molar-refractivity contribution < 1.29 is 8.78 Å². The third kappa shape index (κ3) is 2.88. The Kier molecular flexibility index (Phi) is 3.76. The number of hydrogen-bond donors (Lipinski definition) is 2. The molecule has 0 fully saturated rings. The second kappa shape index (κ2) is 5.32. The van der Waals surface area contributed by atoms with Gasteiger partial charge in [0.05, 0.1) is 16.9 Å². The average molecular weight is 278 g/mol. The van der Waals surface area contributed by atoms with Crippen molar-refractivity contribution >= 4 is 28.6 Å². The van der Waals surface area contributed by atoms with E-state index in [9.17, 15) is 8.78 Å². The van der Waals surface area contributed by atoms with Crippen LogP contribution in [0.5, 0.6) is 0 Å². The van der Waals surface area contributed by atoms with E-state index in [0.717, 1.165) is 5.56 Å². The zero-order valence-corrected chi connectivity index (χ0v) is 11.0. The topological polar surface area (TPSA) is 38.0 Å². The lowest BCUT2D eigenvalue weighted by molar-refractivity contribution is 0.624. The molecular formula is C14H12F2N2S. The molecule has 0 bridgehead atoms. The Balaban J connectivity index is 2.44. The maximum Gasteiger partial charge on any atom is 0.146 e. The Morgan fingerprint density at radius 2 is 1.84 bits per heavy atom. The maximum atomic E-state index is 13.7. The van der Waals surface area contributed by atoms with Gasteiger partial charge in [0.25, 0.3) is 0 Å². The van der Waals surface area contributed by atoms with Crippen LogP contribution in [0.15, 0.2) is 36.4 Å². The number of anilines is 2. The molecule has 2 rings (SSSR count). The first kappa shape index (κ1) is 13.4. The molecule has 0 saturated carbocycles. The molecule has 2 nitrogen and oxygen atoms in total. The lowest BCUT2D eigenvalue weighted by atomic mass is 10.1. The minimum Gasteiger partial charge on any atom is -0.389 e. The van der Waals surface area contributed by atoms with Gasteiger partial charge in [-0.1, -0.05) is 24.4 Å². The van der Waals surface area contributed by atoms with Crippen LogP contribution >= 0.6 is 12.2 Å². The second-order valence-corrected chi connectivity index (χ2v) is 4.57. The number of halogens is 2. The molecule has 2 aromatic rings. The summed E-state index contributed by atoms with van der Waals surface area (Å²) >= 11 is 4.81. The molecule has 19 heavy (non-hydrogen) atoms. The van der Waals surface area contributed by atoms with Crippen molar-refractivity contribution in [3.63, 3.8) is 0 Å². The average Bonchev–Trinajstić information content (AvgIpc) is 2.32. The summed E-state index contributed by atoms with van der Waals surface area (Å²) in [7, 11) is 0. The van der Waals surface area contributed by atoms with Crippen LogP contribution in [-0.2, 0) is 0 Å². The van der Waals surface area contributed by atoms with Gasteiger partial charge in [-0.15, -0.1) is 0 Å². The summed E-state index contributed by atoms with van der Waals surface area (Å²) in [5.41, 5.74) is 6.96. The summed E-state index contributed by atoms with van der Waals surface area (Å²) in [4.78, 5) is -0.0758. The van der Waals surface area contributed by atoms with Gasteiger partial charge >= 0.3 is 0 Å². The monoisotopic (exact) mass is 278 g/mol. The molecule has 2 aromatic carbocycles. The lowest BCUT2D eigenvalue weighted by Crippen LogP contribution is -2.14. The highest BCUT2D eigenvalue weighted by Gasteiger charge is 2.12. The standard InChI is InChI=1S/C14H12F2N2S/c1-8-5-6-11(10(16)7-8)18-12-4-2-3-9(15)13(12)14(17)19/h2-7,18H,1H3,(H2,17,19). The predicted octanol–water partition coefficient (Wildman–Crippen LogP) is 3.65. The Morgan fingerprint density at radius 3 is 2.47 bits per heavy atom. The number of benzene rings is 2. The number of hydrogen-bond acceptors (Lipinski definition) is 2. The summed E-state index contributed by atoms with van der Waals surface area (Å²) < 4.78 is 27.4. The van der Waals surface area contributed by atoms with Gasteiger partial charge in [-0.05, 0) is 36.8 Å². The van der Waals surface area contributed by atoms with Crippen LogP contribution in [0.4, 0.5) is 20.2 Å². The first-order valence-electron chi connectivity index (χ1n) is 5.60. The van der Waals surface area contributed by atoms with Crippen molar-refractivity contribution in [1.29, 1.82) is 0 Å². The minimum atomic E-state index is -0.537. The fraction of sp³-hybridized carbons (Fsp3) is 0.0714. The van der Waals surface area contributed by atoms with Crippen LogP contribution in [0.1, 0.15) is 11.1 Å². The molecule has 0 unspecified atom stereocenters. The van der Waals surface area contributed by atoms with Crippen LogP contribution < -0.4 is 11.1 Å². The smallest absolute Gasteiger partial charge is 0.146 e. The van der Waals surface area contributed by atoms with Gasteiger partial charge in [-0.3, -0.25) is 0 Å². The van der Waals surface area contributed by atoms with Gasteiger partial charge in [0.15, 0.2) is 0 Å². The molecule has 0 radical (unpaired) electrons. The van der Waals surface area contributed by atoms with Gasteiger partial charge in [0.1, 0.15) is 16.6 Å². The molecule has 0 aliphatic heterocycles. The molecule has 0 heterocycles. The summed E-state index contributed by atoms with van der Waals surface area (Å²) in [6.45, 7) is 1.79. The van der Waals surface area contributed by atoms with Crippen molar-refractivity contribution in [2.24, 2.45) is 5.73 Å². The fourth-order valence-corrected chi connectivity index (χ4v) is 1.95. The van der Waals surface area contributed by atoms with Crippen LogP contribution in [0, 0.1) is 18.6 Å². The van der Waals surface area contributed by atoms with Gasteiger partial charge in [-0.25, -0.2) is 8.78 Å². The highest BCUT2D eigenvalue weighted by atomic mass is 32.1. The van der Waals surface area contributed by atoms with Crippen molar-refractivity contribution in [3.8, 4) is 0 Å². The molecular weight excluding hydrogens is 266 g/mol. The highest BCUT2D eigenvalue weighted by Crippen LogP contribution is 2.25. The lowest BCUT2D eigenvalue weighted by Gasteiger charge is -2.12. The van der Waals surface area contributed by atoms with Gasteiger partial charge in [0, 0.05) is 0 Å². The summed E-state index contributed by atoms with van der Waals surface area (Å²) in [5, 5.41) is 2.81. The maximum absolute atomic E-state index is 13.7. The van der Waals surface area contributed by atoms with Gasteiger partial charge in [-0.2, -0.15) is 0 Å². The molecule has 0 amide bonds. The molecule has 5 heteroatoms. The molecule has 0 aliphatic carbocycles. The predicted molar refractivity (Wildman–Crippen MR) is 76.7 cm³/mol. The zero-order chi connectivity index (χ0) is 14.0. The van der Waals surface area contributed by atoms with E-state index in [-0.39, 0.29) is 16.2 Å². The van der Waals surface area contributed by atoms with E-state index in [0.29, 0.717) is 5.69 Å². The second-order valence-electron chi connectivity index (χ2n) is 4.13. The third-order valence-electron chi connectivity index (χ3n) is 2.65. The number of nitrogens with two attached hydrogens (primary N) is 1. The number of thiocarbonyl (C=S) groups is 1. The molecule has 98 valence electrons. The molecule has 0 spiro atoms. The SMILES string of the molecule is Cc1ccc(Nc2cccc(F)c2C(N)=S)c(F)c1. The summed E-state index contributed by atoms with van der Waals surface area (Å²) in [6, 6.07) is 9.08. The molecule has 0 aliphatic rings. The van der Waals surface area contributed by atoms with E-state index in [2.05, 4.69) is 5.32 Å². The van der Waals surface area contributed by atoms with Crippen molar-refractivity contribution in [2.75, 3.05) is 5.32 Å². The summed E-state index contributed by atoms with van der Waals surface area (Å²) in [6.07, 6.45) is 0. The zero-order valence-electron chi connectivity index (χ0n) is 10.2. The number of nitrogens with one attached hydrogen (secondary N) is 1. The Hall–Kier alpha value is -2.01. The van der Waals surface area contributed by atoms with Crippen LogP contribution in [0.25, 0.3) is 0 Å². The van der Waals surface area contributed by atoms with E-state index in [1.807, 2.05) is 0 Å². The van der Waals surface area contributed by atoms with Gasteiger partial charge < -0.3 is 11.1 Å². The van der Waals surface area contributed by atoms with E-state index in [1.54, 1.807) is 25.1 Å². The quantitative estimate of drug-likeness (QED) is 0.842. The normalized spacial score (nSPS) is 10.3. The van der Waals surface area contributed by atoms with Crippen molar-refractivity contribution in [2.45, 2.75) is 6.92 Å². The van der Waals surface area contributed by atoms with E-state index >= 15 is 0 Å². The Labute approximate surface area is 115 Å². The Bertz CT molecular complexity index is 641. The largest absolute Gasteiger partial charge is 0.389 e. The molecule has 0 atom stereocenters. The molecule has 0 aromatic heterocycles. The first-order valence-corrected chi connectivity index (χ1v) is 6.01. The molecule has 0 saturated heterocycles. The van der Waals surface area contributed by atoms with E-state index in [1.165, 1.54) is 18.2 Å². The fourth-order valence-electron chi connectivity index (χ4n) is 1.75. The first-order chi connectivity index (χ1) is 8.99. The summed E-state index contributed by atoms with van der Waals surface area (Å²) in [5.74, 6) is -0.955. The molecule has 3 N–H and O–H groups in total. The van der Waals surface area contributed by atoms with Crippen LogP contribution in [0.3, 0.4) is 0 Å². The van der Waals surface area contributed by atoms with Crippen molar-refractivity contribution in [3.05, 3.63) is 59.2 Å². The van der Waals surface area contributed by atoms with Crippen LogP contribution in [-0.4, -0.2) is 4.99 Å². The highest BCUT2D eigenvalue weighted by molar-refractivity contribution is 7.80. The number of rotatable bonds is 3. The van der Waals surface area contributed by atoms with E-state index in [4.69, 9.17) is 18.0 Å². The van der Waals surface area contributed by atoms with Gasteiger partial charge in [0.2, 0.25) is 0 Å².